The molecule has 1 unspecified atom stereocenters. The van der Waals surface area contributed by atoms with Crippen LogP contribution in [0.3, 0.4) is 0 Å². The second kappa shape index (κ2) is 10.5. The van der Waals surface area contributed by atoms with Crippen LogP contribution in [0.25, 0.3) is 0 Å². The molecule has 0 saturated heterocycles. The van der Waals surface area contributed by atoms with Gasteiger partial charge in [0.2, 0.25) is 0 Å². The van der Waals surface area contributed by atoms with E-state index >= 15 is 0 Å². The average Bonchev–Trinajstić information content (AvgIpc) is 2.54. The third-order valence-electron chi connectivity index (χ3n) is 3.67. The average molecular weight is 375 g/mol. The van der Waals surface area contributed by atoms with E-state index in [0.29, 0.717) is 13.0 Å². The van der Waals surface area contributed by atoms with Gasteiger partial charge in [-0.2, -0.15) is 0 Å². The van der Waals surface area contributed by atoms with Crippen molar-refractivity contribution in [1.82, 2.24) is 0 Å². The number of benzene rings is 1. The molecular weight excluding hydrogens is 346 g/mol. The molecule has 0 radical (unpaired) electrons. The molecule has 0 aromatic heterocycles. The Bertz CT molecular complexity index is 546. The first-order valence-electron chi connectivity index (χ1n) is 8.51. The number of alkyl halides is 1. The number of carbonyl (C=O) groups excluding carboxylic acids is 1. The van der Waals surface area contributed by atoms with Gasteiger partial charge in [-0.25, -0.2) is 8.78 Å². The SMILES string of the molecule is CCC(C(=O)OCOCC[Si](C)(C)C)c1ccc(OCCF)cc1F. The maximum Gasteiger partial charge on any atom is 0.315 e. The van der Waals surface area contributed by atoms with E-state index in [1.807, 2.05) is 0 Å². The molecule has 0 amide bonds. The molecule has 7 heteroatoms. The Morgan fingerprint density at radius 1 is 1.24 bits per heavy atom. The minimum Gasteiger partial charge on any atom is -0.491 e. The number of hydrogen-bond acceptors (Lipinski definition) is 4. The first kappa shape index (κ1) is 21.6. The zero-order valence-corrected chi connectivity index (χ0v) is 16.4. The highest BCUT2D eigenvalue weighted by atomic mass is 28.3. The van der Waals surface area contributed by atoms with Gasteiger partial charge in [0, 0.05) is 26.3 Å². The molecular formula is C18H28F2O4Si. The van der Waals surface area contributed by atoms with Crippen LogP contribution >= 0.6 is 0 Å². The summed E-state index contributed by atoms with van der Waals surface area (Å²) in [6.45, 7) is 8.13. The normalized spacial score (nSPS) is 12.7. The highest BCUT2D eigenvalue weighted by molar-refractivity contribution is 6.76. The lowest BCUT2D eigenvalue weighted by Crippen LogP contribution is -2.23. The second-order valence-corrected chi connectivity index (χ2v) is 12.6. The van der Waals surface area contributed by atoms with Gasteiger partial charge in [-0.1, -0.05) is 32.6 Å². The van der Waals surface area contributed by atoms with Crippen molar-refractivity contribution in [3.05, 3.63) is 29.6 Å². The van der Waals surface area contributed by atoms with E-state index in [1.54, 1.807) is 6.92 Å². The zero-order valence-electron chi connectivity index (χ0n) is 15.4. The topological polar surface area (TPSA) is 44.8 Å². The predicted octanol–water partition coefficient (Wildman–Crippen LogP) is 4.52. The van der Waals surface area contributed by atoms with E-state index < -0.39 is 32.5 Å². The summed E-state index contributed by atoms with van der Waals surface area (Å²) < 4.78 is 41.8. The standard InChI is InChI=1S/C18H28F2O4Si/c1-5-15(18(21)24-13-22-10-11-25(2,3)4)16-7-6-14(12-17(16)20)23-9-8-19/h6-7,12,15H,5,8-11,13H2,1-4H3. The number of ether oxygens (including phenoxy) is 3. The van der Waals surface area contributed by atoms with E-state index in [9.17, 15) is 13.6 Å². The zero-order chi connectivity index (χ0) is 18.9. The molecule has 4 nitrogen and oxygen atoms in total. The van der Waals surface area contributed by atoms with E-state index in [0.717, 1.165) is 12.1 Å². The molecule has 0 N–H and O–H groups in total. The monoisotopic (exact) mass is 374 g/mol. The Hall–Kier alpha value is -1.47. The van der Waals surface area contributed by atoms with Crippen LogP contribution in [0.1, 0.15) is 24.8 Å². The molecule has 1 aromatic carbocycles. The van der Waals surface area contributed by atoms with Crippen LogP contribution in [0.2, 0.25) is 25.7 Å². The van der Waals surface area contributed by atoms with Gasteiger partial charge in [-0.15, -0.1) is 0 Å². The van der Waals surface area contributed by atoms with Gasteiger partial charge in [0.25, 0.3) is 0 Å². The Morgan fingerprint density at radius 2 is 1.96 bits per heavy atom. The van der Waals surface area contributed by atoms with Crippen LogP contribution < -0.4 is 4.74 Å². The van der Waals surface area contributed by atoms with E-state index in [1.165, 1.54) is 12.1 Å². The second-order valence-electron chi connectivity index (χ2n) is 6.98. The molecule has 0 heterocycles. The number of carbonyl (C=O) groups is 1. The van der Waals surface area contributed by atoms with Crippen LogP contribution in [0.15, 0.2) is 18.2 Å². The Morgan fingerprint density at radius 3 is 2.52 bits per heavy atom. The van der Waals surface area contributed by atoms with Crippen LogP contribution in [0.4, 0.5) is 8.78 Å². The van der Waals surface area contributed by atoms with Crippen molar-refractivity contribution in [2.75, 3.05) is 26.7 Å². The summed E-state index contributed by atoms with van der Waals surface area (Å²) in [5.41, 5.74) is 0.238. The van der Waals surface area contributed by atoms with Crippen molar-refractivity contribution in [2.45, 2.75) is 44.9 Å². The van der Waals surface area contributed by atoms with Gasteiger partial charge >= 0.3 is 5.97 Å². The maximum atomic E-state index is 14.2. The quantitative estimate of drug-likeness (QED) is 0.247. The molecule has 1 atom stereocenters. The highest BCUT2D eigenvalue weighted by Crippen LogP contribution is 2.27. The molecule has 0 fully saturated rings. The van der Waals surface area contributed by atoms with Crippen molar-refractivity contribution < 1.29 is 27.8 Å². The number of esters is 1. The first-order valence-corrected chi connectivity index (χ1v) is 12.2. The van der Waals surface area contributed by atoms with Crippen molar-refractivity contribution in [1.29, 1.82) is 0 Å². The summed E-state index contributed by atoms with van der Waals surface area (Å²) in [6.07, 6.45) is 0.398. The molecule has 25 heavy (non-hydrogen) atoms. The fraction of sp³-hybridized carbons (Fsp3) is 0.611. The molecule has 1 aromatic rings. The summed E-state index contributed by atoms with van der Waals surface area (Å²) in [4.78, 5) is 12.2. The molecule has 0 bridgehead atoms. The molecule has 0 saturated carbocycles. The lowest BCUT2D eigenvalue weighted by molar-refractivity contribution is -0.157. The molecule has 1 rings (SSSR count). The first-order chi connectivity index (χ1) is 11.8. The largest absolute Gasteiger partial charge is 0.491 e. The van der Waals surface area contributed by atoms with Gasteiger partial charge in [0.1, 0.15) is 24.8 Å². The minimum absolute atomic E-state index is 0.126. The van der Waals surface area contributed by atoms with Gasteiger partial charge in [-0.05, 0) is 18.5 Å². The van der Waals surface area contributed by atoms with Gasteiger partial charge in [0.15, 0.2) is 6.79 Å². The summed E-state index contributed by atoms with van der Waals surface area (Å²) in [6, 6.07) is 5.14. The van der Waals surface area contributed by atoms with Crippen LogP contribution in [0.5, 0.6) is 5.75 Å². The van der Waals surface area contributed by atoms with Gasteiger partial charge in [-0.3, -0.25) is 4.79 Å². The maximum absolute atomic E-state index is 14.2. The third-order valence-corrected chi connectivity index (χ3v) is 5.37. The Labute approximate surface area is 149 Å². The Balaban J connectivity index is 2.58. The van der Waals surface area contributed by atoms with Crippen molar-refractivity contribution in [3.63, 3.8) is 0 Å². The van der Waals surface area contributed by atoms with Crippen molar-refractivity contribution in [3.8, 4) is 5.75 Å². The van der Waals surface area contributed by atoms with Crippen LogP contribution in [0, 0.1) is 5.82 Å². The van der Waals surface area contributed by atoms with Crippen LogP contribution in [-0.2, 0) is 14.3 Å². The highest BCUT2D eigenvalue weighted by Gasteiger charge is 2.24. The smallest absolute Gasteiger partial charge is 0.315 e. The number of rotatable bonds is 11. The van der Waals surface area contributed by atoms with E-state index in [-0.39, 0.29) is 24.7 Å². The molecule has 142 valence electrons. The summed E-state index contributed by atoms with van der Waals surface area (Å²) >= 11 is 0. The fourth-order valence-corrected chi connectivity index (χ4v) is 2.94. The fourth-order valence-electron chi connectivity index (χ4n) is 2.19. The van der Waals surface area contributed by atoms with E-state index in [4.69, 9.17) is 14.2 Å². The van der Waals surface area contributed by atoms with Gasteiger partial charge in [0.05, 0.1) is 5.92 Å². The summed E-state index contributed by atoms with van der Waals surface area (Å²) in [5.74, 6) is -1.57. The third kappa shape index (κ3) is 7.96. The molecule has 0 aliphatic heterocycles. The minimum atomic E-state index is -1.19. The molecule has 0 aliphatic carbocycles. The number of hydrogen-bond donors (Lipinski definition) is 0. The van der Waals surface area contributed by atoms with Crippen LogP contribution in [-0.4, -0.2) is 40.7 Å². The molecule has 0 spiro atoms. The lowest BCUT2D eigenvalue weighted by Gasteiger charge is -2.17. The summed E-state index contributed by atoms with van der Waals surface area (Å²) in [5, 5.41) is 0. The van der Waals surface area contributed by atoms with Gasteiger partial charge < -0.3 is 14.2 Å². The van der Waals surface area contributed by atoms with Crippen molar-refractivity contribution in [2.24, 2.45) is 0 Å². The Kier molecular flexibility index (Phi) is 9.06. The number of halogens is 2. The summed E-state index contributed by atoms with van der Waals surface area (Å²) in [7, 11) is -1.19. The van der Waals surface area contributed by atoms with E-state index in [2.05, 4.69) is 19.6 Å². The van der Waals surface area contributed by atoms with Crippen molar-refractivity contribution >= 4 is 14.0 Å². The lowest BCUT2D eigenvalue weighted by atomic mass is 9.96. The molecule has 0 aliphatic rings. The predicted molar refractivity (Wildman–Crippen MR) is 96.0 cm³/mol.